The number of halogens is 1. The van der Waals surface area contributed by atoms with Crippen LogP contribution in [0, 0.1) is 6.92 Å². The molecule has 0 aliphatic carbocycles. The van der Waals surface area contributed by atoms with Gasteiger partial charge in [-0.1, -0.05) is 6.07 Å². The van der Waals surface area contributed by atoms with Crippen molar-refractivity contribution >= 4 is 39.0 Å². The summed E-state index contributed by atoms with van der Waals surface area (Å²) in [6, 6.07) is 9.28. The second-order valence-electron chi connectivity index (χ2n) is 5.52. The van der Waals surface area contributed by atoms with Crippen LogP contribution in [0.3, 0.4) is 0 Å². The number of nitrogens with one attached hydrogen (secondary N) is 1. The molecule has 2 rings (SSSR count). The maximum atomic E-state index is 12.1. The molecule has 0 saturated heterocycles. The Morgan fingerprint density at radius 3 is 2.58 bits per heavy atom. The molecule has 0 aliphatic heterocycles. The van der Waals surface area contributed by atoms with E-state index in [1.54, 1.807) is 7.11 Å². The fraction of sp³-hybridized carbons (Fsp3) is 0.333. The lowest BCUT2D eigenvalue weighted by atomic mass is 10.1. The highest BCUT2D eigenvalue weighted by Gasteiger charge is 2.14. The first-order valence-electron chi connectivity index (χ1n) is 7.63. The monoisotopic (exact) mass is 409 g/mol. The zero-order valence-electron chi connectivity index (χ0n) is 13.9. The van der Waals surface area contributed by atoms with E-state index < -0.39 is 0 Å². The van der Waals surface area contributed by atoms with Crippen molar-refractivity contribution in [3.8, 4) is 5.75 Å². The Bertz CT molecular complexity index is 742. The molecule has 1 amide bonds. The molecule has 1 unspecified atom stereocenters. The number of carbonyl (C=O) groups excluding carboxylic acids is 2. The van der Waals surface area contributed by atoms with Crippen LogP contribution in [0.5, 0.6) is 5.75 Å². The highest BCUT2D eigenvalue weighted by Crippen LogP contribution is 2.28. The average molecular weight is 410 g/mol. The van der Waals surface area contributed by atoms with Crippen LogP contribution in [-0.2, 0) is 4.79 Å². The lowest BCUT2D eigenvalue weighted by Crippen LogP contribution is -2.26. The summed E-state index contributed by atoms with van der Waals surface area (Å²) in [6.07, 6.45) is 0.419. The fourth-order valence-corrected chi connectivity index (χ4v) is 3.68. The van der Waals surface area contributed by atoms with Crippen molar-refractivity contribution in [2.45, 2.75) is 32.7 Å². The van der Waals surface area contributed by atoms with E-state index in [-0.39, 0.29) is 30.6 Å². The Kier molecular flexibility index (Phi) is 6.57. The van der Waals surface area contributed by atoms with Crippen molar-refractivity contribution in [2.24, 2.45) is 0 Å². The fourth-order valence-electron chi connectivity index (χ4n) is 2.28. The number of aryl methyl sites for hydroxylation is 1. The van der Waals surface area contributed by atoms with Crippen molar-refractivity contribution in [2.75, 3.05) is 7.11 Å². The third-order valence-electron chi connectivity index (χ3n) is 3.65. The van der Waals surface area contributed by atoms with Gasteiger partial charge in [-0.15, -0.1) is 11.3 Å². The van der Waals surface area contributed by atoms with E-state index in [1.807, 2.05) is 44.2 Å². The Morgan fingerprint density at radius 2 is 2.00 bits per heavy atom. The summed E-state index contributed by atoms with van der Waals surface area (Å²) in [6.45, 7) is 3.87. The molecule has 0 spiro atoms. The predicted octanol–water partition coefficient (Wildman–Crippen LogP) is 4.67. The molecule has 2 aromatic rings. The van der Waals surface area contributed by atoms with E-state index in [1.165, 1.54) is 11.3 Å². The molecular formula is C18H20BrNO3S. The van der Waals surface area contributed by atoms with Crippen LogP contribution in [0.25, 0.3) is 0 Å². The van der Waals surface area contributed by atoms with Gasteiger partial charge in [-0.05, 0) is 59.6 Å². The minimum Gasteiger partial charge on any atom is -0.496 e. The lowest BCUT2D eigenvalue weighted by Gasteiger charge is -2.15. The zero-order chi connectivity index (χ0) is 17.7. The van der Waals surface area contributed by atoms with Crippen LogP contribution in [0.2, 0.25) is 0 Å². The van der Waals surface area contributed by atoms with Crippen molar-refractivity contribution < 1.29 is 14.3 Å². The van der Waals surface area contributed by atoms with Gasteiger partial charge >= 0.3 is 0 Å². The normalized spacial score (nSPS) is 11.8. The summed E-state index contributed by atoms with van der Waals surface area (Å²) in [4.78, 5) is 25.9. The topological polar surface area (TPSA) is 55.4 Å². The molecule has 1 aromatic carbocycles. The van der Waals surface area contributed by atoms with Crippen molar-refractivity contribution in [3.05, 3.63) is 50.1 Å². The van der Waals surface area contributed by atoms with Gasteiger partial charge in [-0.3, -0.25) is 9.59 Å². The number of ether oxygens (including phenoxy) is 1. The molecule has 6 heteroatoms. The minimum absolute atomic E-state index is 0.0168. The summed E-state index contributed by atoms with van der Waals surface area (Å²) in [5.74, 6) is 0.633. The van der Waals surface area contributed by atoms with Crippen molar-refractivity contribution in [3.63, 3.8) is 0 Å². The van der Waals surface area contributed by atoms with Gasteiger partial charge in [-0.25, -0.2) is 0 Å². The number of methoxy groups -OCH3 is 1. The summed E-state index contributed by atoms with van der Waals surface area (Å²) in [7, 11) is 1.61. The van der Waals surface area contributed by atoms with Gasteiger partial charge in [0.1, 0.15) is 5.75 Å². The van der Waals surface area contributed by atoms with Gasteiger partial charge in [0.25, 0.3) is 0 Å². The third kappa shape index (κ3) is 4.92. The van der Waals surface area contributed by atoms with Crippen LogP contribution in [0.4, 0.5) is 0 Å². The van der Waals surface area contributed by atoms with E-state index >= 15 is 0 Å². The van der Waals surface area contributed by atoms with Gasteiger partial charge in [-0.2, -0.15) is 0 Å². The number of benzene rings is 1. The molecule has 4 nitrogen and oxygen atoms in total. The maximum absolute atomic E-state index is 12.1. The zero-order valence-corrected chi connectivity index (χ0v) is 16.3. The third-order valence-corrected chi connectivity index (χ3v) is 5.31. The highest BCUT2D eigenvalue weighted by atomic mass is 79.9. The molecule has 1 aromatic heterocycles. The van der Waals surface area contributed by atoms with E-state index in [0.29, 0.717) is 4.88 Å². The number of ketones is 1. The first kappa shape index (κ1) is 18.7. The van der Waals surface area contributed by atoms with E-state index in [0.717, 1.165) is 20.7 Å². The summed E-state index contributed by atoms with van der Waals surface area (Å²) >= 11 is 4.90. The van der Waals surface area contributed by atoms with E-state index in [2.05, 4.69) is 21.2 Å². The summed E-state index contributed by atoms with van der Waals surface area (Å²) in [5.41, 5.74) is 0.969. The molecule has 0 fully saturated rings. The molecule has 1 atom stereocenters. The number of carbonyl (C=O) groups is 2. The molecule has 0 saturated carbocycles. The molecule has 0 aliphatic rings. The van der Waals surface area contributed by atoms with Crippen molar-refractivity contribution in [1.82, 2.24) is 5.32 Å². The quantitative estimate of drug-likeness (QED) is 0.675. The Labute approximate surface area is 154 Å². The van der Waals surface area contributed by atoms with Gasteiger partial charge < -0.3 is 10.1 Å². The maximum Gasteiger partial charge on any atom is 0.220 e. The second kappa shape index (κ2) is 8.44. The molecule has 24 heavy (non-hydrogen) atoms. The van der Waals surface area contributed by atoms with Crippen LogP contribution >= 0.6 is 27.3 Å². The van der Waals surface area contributed by atoms with Gasteiger partial charge in [0.05, 0.1) is 22.5 Å². The van der Waals surface area contributed by atoms with Gasteiger partial charge in [0.15, 0.2) is 5.78 Å². The lowest BCUT2D eigenvalue weighted by molar-refractivity contribution is -0.121. The highest BCUT2D eigenvalue weighted by molar-refractivity contribution is 9.10. The van der Waals surface area contributed by atoms with E-state index in [9.17, 15) is 9.59 Å². The number of hydrogen-bond acceptors (Lipinski definition) is 4. The van der Waals surface area contributed by atoms with E-state index in [4.69, 9.17) is 4.74 Å². The first-order valence-corrected chi connectivity index (χ1v) is 9.24. The second-order valence-corrected chi connectivity index (χ2v) is 7.66. The Hall–Kier alpha value is -1.66. The largest absolute Gasteiger partial charge is 0.496 e. The van der Waals surface area contributed by atoms with Crippen LogP contribution in [0.15, 0.2) is 34.8 Å². The summed E-state index contributed by atoms with van der Waals surface area (Å²) in [5, 5.41) is 2.92. The molecule has 128 valence electrons. The molecule has 0 radical (unpaired) electrons. The van der Waals surface area contributed by atoms with Crippen LogP contribution in [0.1, 0.15) is 45.9 Å². The number of rotatable bonds is 7. The number of Topliss-reactive ketones (excluding diaryl/α,β-unsaturated/α-hetero) is 1. The summed E-state index contributed by atoms with van der Waals surface area (Å²) < 4.78 is 6.04. The van der Waals surface area contributed by atoms with Crippen LogP contribution in [-0.4, -0.2) is 18.8 Å². The molecule has 0 bridgehead atoms. The molecular weight excluding hydrogens is 390 g/mol. The minimum atomic E-state index is -0.140. The molecule has 1 N–H and O–H groups in total. The SMILES string of the molecule is COc1ccc(C(C)NC(=O)CCC(=O)c2ccc(C)s2)cc1Br. The number of thiophene rings is 1. The van der Waals surface area contributed by atoms with Gasteiger partial charge in [0.2, 0.25) is 5.91 Å². The number of hydrogen-bond donors (Lipinski definition) is 1. The van der Waals surface area contributed by atoms with Gasteiger partial charge in [0, 0.05) is 17.7 Å². The standard InChI is InChI=1S/C18H20BrNO3S/c1-11-4-8-17(24-11)15(21)6-9-18(22)20-12(2)13-5-7-16(23-3)14(19)10-13/h4-5,7-8,10,12H,6,9H2,1-3H3,(H,20,22). The average Bonchev–Trinajstić information content (AvgIpc) is 2.99. The van der Waals surface area contributed by atoms with Crippen LogP contribution < -0.4 is 10.1 Å². The Morgan fingerprint density at radius 1 is 1.25 bits per heavy atom. The smallest absolute Gasteiger partial charge is 0.220 e. The molecule has 1 heterocycles. The van der Waals surface area contributed by atoms with Crippen molar-refractivity contribution in [1.29, 1.82) is 0 Å². The number of amides is 1. The Balaban J connectivity index is 1.87. The first-order chi connectivity index (χ1) is 11.4. The predicted molar refractivity (Wildman–Crippen MR) is 99.9 cm³/mol.